The Balaban J connectivity index is 1.99. The van der Waals surface area contributed by atoms with Gasteiger partial charge in [-0.1, -0.05) is 53.0 Å². The first-order valence-electron chi connectivity index (χ1n) is 7.42. The van der Waals surface area contributed by atoms with E-state index in [2.05, 4.69) is 57.4 Å². The van der Waals surface area contributed by atoms with Crippen LogP contribution in [0.25, 0.3) is 0 Å². The number of halogens is 3. The summed E-state index contributed by atoms with van der Waals surface area (Å²) < 4.78 is 0.948. The van der Waals surface area contributed by atoms with E-state index in [1.54, 1.807) is 12.3 Å². The molecule has 0 spiro atoms. The number of aromatic nitrogens is 1. The number of nitrogens with one attached hydrogen (secondary N) is 1. The fraction of sp³-hybridized carbons (Fsp3) is 0.105. The lowest BCUT2D eigenvalue weighted by Crippen LogP contribution is -2.14. The monoisotopic (exact) mass is 420 g/mol. The lowest BCUT2D eigenvalue weighted by molar-refractivity contribution is 0.885. The summed E-state index contributed by atoms with van der Waals surface area (Å²) in [6, 6.07) is 17.8. The van der Waals surface area contributed by atoms with E-state index in [0.29, 0.717) is 10.0 Å². The highest BCUT2D eigenvalue weighted by Gasteiger charge is 2.16. The first-order valence-corrected chi connectivity index (χ1v) is 8.97. The van der Waals surface area contributed by atoms with Gasteiger partial charge in [0.15, 0.2) is 0 Å². The molecule has 0 bridgehead atoms. The molecule has 0 fully saturated rings. The average molecular weight is 422 g/mol. The van der Waals surface area contributed by atoms with Crippen LogP contribution in [0.5, 0.6) is 0 Å². The predicted molar refractivity (Wildman–Crippen MR) is 105 cm³/mol. The Morgan fingerprint density at radius 1 is 0.958 bits per heavy atom. The minimum absolute atomic E-state index is 0.0871. The molecule has 122 valence electrons. The molecule has 2 aromatic carbocycles. The highest BCUT2D eigenvalue weighted by Crippen LogP contribution is 2.30. The molecular weight excluding hydrogens is 407 g/mol. The molecule has 0 radical (unpaired) electrons. The maximum Gasteiger partial charge on any atom is 0.0940 e. The van der Waals surface area contributed by atoms with Crippen LogP contribution in [0.4, 0.5) is 5.69 Å². The summed E-state index contributed by atoms with van der Waals surface area (Å²) in [5.74, 6) is 0. The third kappa shape index (κ3) is 4.10. The van der Waals surface area contributed by atoms with E-state index < -0.39 is 0 Å². The summed E-state index contributed by atoms with van der Waals surface area (Å²) in [7, 11) is 0. The highest BCUT2D eigenvalue weighted by atomic mass is 79.9. The molecule has 0 saturated carbocycles. The van der Waals surface area contributed by atoms with Gasteiger partial charge in [-0.3, -0.25) is 4.98 Å². The Labute approximate surface area is 160 Å². The quantitative estimate of drug-likeness (QED) is 0.509. The van der Waals surface area contributed by atoms with E-state index in [-0.39, 0.29) is 6.04 Å². The van der Waals surface area contributed by atoms with Crippen molar-refractivity contribution in [1.29, 1.82) is 0 Å². The van der Waals surface area contributed by atoms with Gasteiger partial charge in [-0.05, 0) is 58.7 Å². The van der Waals surface area contributed by atoms with Crippen molar-refractivity contribution in [2.24, 2.45) is 0 Å². The van der Waals surface area contributed by atoms with E-state index in [1.165, 1.54) is 5.56 Å². The third-order valence-electron chi connectivity index (χ3n) is 3.69. The van der Waals surface area contributed by atoms with Gasteiger partial charge in [-0.15, -0.1) is 0 Å². The van der Waals surface area contributed by atoms with Gasteiger partial charge in [0.2, 0.25) is 0 Å². The number of hydrogen-bond donors (Lipinski definition) is 1. The molecule has 0 aliphatic rings. The molecule has 1 aromatic heterocycles. The molecule has 3 aromatic rings. The van der Waals surface area contributed by atoms with Gasteiger partial charge in [0, 0.05) is 16.4 Å². The standard InChI is InChI=1S/C19H15BrCl2N2/c1-12-2-4-13(5-3-12)19(18-9-6-14(20)11-23-18)24-15-7-8-16(21)17(22)10-15/h2-11,19,24H,1H3. The van der Waals surface area contributed by atoms with Gasteiger partial charge in [0.1, 0.15) is 0 Å². The van der Waals surface area contributed by atoms with Crippen LogP contribution in [0.3, 0.4) is 0 Å². The van der Waals surface area contributed by atoms with Crippen LogP contribution >= 0.6 is 39.1 Å². The maximum atomic E-state index is 6.14. The van der Waals surface area contributed by atoms with Crippen LogP contribution in [0.1, 0.15) is 22.9 Å². The summed E-state index contributed by atoms with van der Waals surface area (Å²) in [6.07, 6.45) is 1.80. The van der Waals surface area contributed by atoms with Crippen molar-refractivity contribution < 1.29 is 0 Å². The first kappa shape index (κ1) is 17.3. The Morgan fingerprint density at radius 2 is 1.71 bits per heavy atom. The van der Waals surface area contributed by atoms with Crippen molar-refractivity contribution in [1.82, 2.24) is 4.98 Å². The van der Waals surface area contributed by atoms with Crippen LogP contribution in [0.2, 0.25) is 10.0 Å². The number of anilines is 1. The average Bonchev–Trinajstić information content (AvgIpc) is 2.58. The van der Waals surface area contributed by atoms with E-state index >= 15 is 0 Å². The van der Waals surface area contributed by atoms with Crippen molar-refractivity contribution >= 4 is 44.8 Å². The van der Waals surface area contributed by atoms with Gasteiger partial charge in [0.05, 0.1) is 21.8 Å². The van der Waals surface area contributed by atoms with Crippen molar-refractivity contribution in [3.8, 4) is 0 Å². The number of hydrogen-bond acceptors (Lipinski definition) is 2. The van der Waals surface area contributed by atoms with Crippen LogP contribution in [-0.4, -0.2) is 4.98 Å². The van der Waals surface area contributed by atoms with Gasteiger partial charge in [-0.2, -0.15) is 0 Å². The molecule has 1 N–H and O–H groups in total. The Hall–Kier alpha value is -1.55. The van der Waals surface area contributed by atoms with E-state index in [4.69, 9.17) is 23.2 Å². The van der Waals surface area contributed by atoms with Crippen LogP contribution in [0.15, 0.2) is 65.3 Å². The number of pyridine rings is 1. The number of aryl methyl sites for hydroxylation is 1. The van der Waals surface area contributed by atoms with Crippen molar-refractivity contribution in [3.63, 3.8) is 0 Å². The first-order chi connectivity index (χ1) is 11.5. The highest BCUT2D eigenvalue weighted by molar-refractivity contribution is 9.10. The molecule has 24 heavy (non-hydrogen) atoms. The van der Waals surface area contributed by atoms with Gasteiger partial charge >= 0.3 is 0 Å². The fourth-order valence-electron chi connectivity index (χ4n) is 2.40. The molecule has 0 aliphatic heterocycles. The number of benzene rings is 2. The lowest BCUT2D eigenvalue weighted by Gasteiger charge is -2.21. The topological polar surface area (TPSA) is 24.9 Å². The zero-order valence-electron chi connectivity index (χ0n) is 12.9. The van der Waals surface area contributed by atoms with Gasteiger partial charge < -0.3 is 5.32 Å². The zero-order chi connectivity index (χ0) is 17.1. The number of nitrogens with zero attached hydrogens (tertiary/aromatic N) is 1. The summed E-state index contributed by atoms with van der Waals surface area (Å²) in [5, 5.41) is 4.56. The molecule has 1 heterocycles. The van der Waals surface area contributed by atoms with Gasteiger partial charge in [-0.25, -0.2) is 0 Å². The second-order valence-corrected chi connectivity index (χ2v) is 7.25. The summed E-state index contributed by atoms with van der Waals surface area (Å²) in [4.78, 5) is 4.55. The number of rotatable bonds is 4. The van der Waals surface area contributed by atoms with Crippen molar-refractivity contribution in [3.05, 3.63) is 92.1 Å². The van der Waals surface area contributed by atoms with Crippen molar-refractivity contribution in [2.75, 3.05) is 5.32 Å². The second-order valence-electron chi connectivity index (χ2n) is 5.52. The molecule has 2 nitrogen and oxygen atoms in total. The second kappa shape index (κ2) is 7.56. The summed E-state index contributed by atoms with van der Waals surface area (Å²) in [5.41, 5.74) is 4.16. The minimum atomic E-state index is -0.0871. The van der Waals surface area contributed by atoms with Crippen molar-refractivity contribution in [2.45, 2.75) is 13.0 Å². The normalized spacial score (nSPS) is 12.0. The fourth-order valence-corrected chi connectivity index (χ4v) is 2.93. The smallest absolute Gasteiger partial charge is 0.0940 e. The van der Waals surface area contributed by atoms with Crippen LogP contribution in [0, 0.1) is 6.92 Å². The van der Waals surface area contributed by atoms with Gasteiger partial charge in [0.25, 0.3) is 0 Å². The van der Waals surface area contributed by atoms with Crippen LogP contribution < -0.4 is 5.32 Å². The SMILES string of the molecule is Cc1ccc(C(Nc2ccc(Cl)c(Cl)c2)c2ccc(Br)cn2)cc1. The minimum Gasteiger partial charge on any atom is -0.373 e. The molecule has 1 unspecified atom stereocenters. The largest absolute Gasteiger partial charge is 0.373 e. The summed E-state index contributed by atoms with van der Waals surface area (Å²) >= 11 is 15.6. The third-order valence-corrected chi connectivity index (χ3v) is 4.90. The molecule has 0 amide bonds. The molecule has 0 aliphatic carbocycles. The Morgan fingerprint density at radius 3 is 2.33 bits per heavy atom. The lowest BCUT2D eigenvalue weighted by atomic mass is 10.0. The van der Waals surface area contributed by atoms with E-state index in [1.807, 2.05) is 24.3 Å². The molecular formula is C19H15BrCl2N2. The molecule has 3 rings (SSSR count). The molecule has 5 heteroatoms. The zero-order valence-corrected chi connectivity index (χ0v) is 16.0. The summed E-state index contributed by atoms with van der Waals surface area (Å²) in [6.45, 7) is 2.07. The Bertz CT molecular complexity index is 787. The molecule has 0 saturated heterocycles. The Kier molecular flexibility index (Phi) is 5.44. The van der Waals surface area contributed by atoms with E-state index in [9.17, 15) is 0 Å². The van der Waals surface area contributed by atoms with Crippen LogP contribution in [-0.2, 0) is 0 Å². The van der Waals surface area contributed by atoms with E-state index in [0.717, 1.165) is 21.4 Å². The predicted octanol–water partition coefficient (Wildman–Crippen LogP) is 6.66. The maximum absolute atomic E-state index is 6.14. The molecule has 1 atom stereocenters.